The van der Waals surface area contributed by atoms with Gasteiger partial charge in [0.05, 0.1) is 13.7 Å². The fraction of sp³-hybridized carbons (Fsp3) is 0.529. The summed E-state index contributed by atoms with van der Waals surface area (Å²) in [6.07, 6.45) is 4.54. The van der Waals surface area contributed by atoms with Crippen LogP contribution >= 0.6 is 0 Å². The third kappa shape index (κ3) is 6.61. The number of amidine groups is 1. The molecule has 5 nitrogen and oxygen atoms in total. The number of carbonyl (C=O) groups is 1. The molecule has 0 spiro atoms. The average molecular weight is 306 g/mol. The summed E-state index contributed by atoms with van der Waals surface area (Å²) in [5.41, 5.74) is 0.541. The van der Waals surface area contributed by atoms with E-state index in [-0.39, 0.29) is 5.91 Å². The molecule has 0 heterocycles. The van der Waals surface area contributed by atoms with Crippen molar-refractivity contribution < 1.29 is 14.3 Å². The normalized spacial score (nSPS) is 11.1. The highest BCUT2D eigenvalue weighted by molar-refractivity contribution is 6.04. The van der Waals surface area contributed by atoms with Crippen LogP contribution in [0.25, 0.3) is 0 Å². The number of carbonyl (C=O) groups excluding carboxylic acids is 1. The molecule has 0 saturated heterocycles. The Hall–Kier alpha value is -2.04. The predicted octanol–water partition coefficient (Wildman–Crippen LogP) is 3.40. The van der Waals surface area contributed by atoms with Crippen LogP contribution in [0.15, 0.2) is 29.3 Å². The van der Waals surface area contributed by atoms with Crippen molar-refractivity contribution in [2.45, 2.75) is 39.5 Å². The molecular weight excluding hydrogens is 280 g/mol. The van der Waals surface area contributed by atoms with Crippen LogP contribution in [-0.2, 0) is 4.74 Å². The van der Waals surface area contributed by atoms with E-state index in [1.165, 1.54) is 12.8 Å². The molecule has 0 atom stereocenters. The maximum absolute atomic E-state index is 12.2. The lowest BCUT2D eigenvalue weighted by molar-refractivity contribution is 0.0966. The second kappa shape index (κ2) is 10.7. The van der Waals surface area contributed by atoms with E-state index in [1.54, 1.807) is 31.4 Å². The second-order valence-electron chi connectivity index (χ2n) is 4.86. The molecule has 0 fully saturated rings. The maximum atomic E-state index is 12.2. The molecule has 0 aromatic heterocycles. The number of hydrogen-bond acceptors (Lipinski definition) is 4. The summed E-state index contributed by atoms with van der Waals surface area (Å²) in [7, 11) is 1.59. The summed E-state index contributed by atoms with van der Waals surface area (Å²) < 4.78 is 10.5. The Morgan fingerprint density at radius 1 is 1.14 bits per heavy atom. The van der Waals surface area contributed by atoms with Crippen molar-refractivity contribution in [2.75, 3.05) is 20.3 Å². The number of amides is 1. The van der Waals surface area contributed by atoms with Crippen LogP contribution in [0.5, 0.6) is 5.75 Å². The quantitative estimate of drug-likeness (QED) is 0.455. The van der Waals surface area contributed by atoms with Gasteiger partial charge in [0.2, 0.25) is 0 Å². The lowest BCUT2D eigenvalue weighted by atomic mass is 10.2. The second-order valence-corrected chi connectivity index (χ2v) is 4.86. The molecule has 1 aromatic rings. The molecule has 0 aliphatic heterocycles. The highest BCUT2D eigenvalue weighted by atomic mass is 16.5. The molecule has 0 bridgehead atoms. The number of methoxy groups -OCH3 is 1. The molecule has 0 aliphatic carbocycles. The zero-order chi connectivity index (χ0) is 16.2. The van der Waals surface area contributed by atoms with Crippen molar-refractivity contribution in [3.05, 3.63) is 29.8 Å². The van der Waals surface area contributed by atoms with Gasteiger partial charge < -0.3 is 9.47 Å². The van der Waals surface area contributed by atoms with Crippen molar-refractivity contribution in [2.24, 2.45) is 4.99 Å². The lowest BCUT2D eigenvalue weighted by Crippen LogP contribution is -2.32. The van der Waals surface area contributed by atoms with Crippen LogP contribution < -0.4 is 10.1 Å². The molecule has 5 heteroatoms. The highest BCUT2D eigenvalue weighted by Crippen LogP contribution is 2.11. The predicted molar refractivity (Wildman–Crippen MR) is 88.5 cm³/mol. The monoisotopic (exact) mass is 306 g/mol. The van der Waals surface area contributed by atoms with Gasteiger partial charge in [-0.15, -0.1) is 0 Å². The first kappa shape index (κ1) is 18.0. The zero-order valence-electron chi connectivity index (χ0n) is 13.7. The van der Waals surface area contributed by atoms with Gasteiger partial charge in [-0.25, -0.2) is 4.99 Å². The average Bonchev–Trinajstić information content (AvgIpc) is 2.54. The first-order valence-electron chi connectivity index (χ1n) is 7.83. The fourth-order valence-corrected chi connectivity index (χ4v) is 1.89. The summed E-state index contributed by atoms with van der Waals surface area (Å²) in [6, 6.07) is 7.20. The minimum Gasteiger partial charge on any atom is -0.497 e. The number of benzene rings is 1. The third-order valence-corrected chi connectivity index (χ3v) is 3.12. The fourth-order valence-electron chi connectivity index (χ4n) is 1.89. The van der Waals surface area contributed by atoms with Gasteiger partial charge in [-0.3, -0.25) is 10.1 Å². The Labute approximate surface area is 132 Å². The van der Waals surface area contributed by atoms with E-state index < -0.39 is 0 Å². The number of ether oxygens (including phenoxy) is 2. The SMILES string of the molecule is CCCCCCN=C(NC(=O)c1ccc(OC)cc1)OCC. The molecule has 0 unspecified atom stereocenters. The molecule has 1 amide bonds. The number of unbranched alkanes of at least 4 members (excludes halogenated alkanes) is 3. The molecule has 122 valence electrons. The minimum atomic E-state index is -0.233. The van der Waals surface area contributed by atoms with E-state index in [0.717, 1.165) is 12.8 Å². The lowest BCUT2D eigenvalue weighted by Gasteiger charge is -2.09. The van der Waals surface area contributed by atoms with E-state index in [0.29, 0.717) is 30.5 Å². The third-order valence-electron chi connectivity index (χ3n) is 3.12. The van der Waals surface area contributed by atoms with Crippen LogP contribution in [0.1, 0.15) is 49.9 Å². The molecule has 22 heavy (non-hydrogen) atoms. The van der Waals surface area contributed by atoms with Gasteiger partial charge in [0.15, 0.2) is 0 Å². The Bertz CT molecular complexity index is 469. The molecule has 1 N–H and O–H groups in total. The number of aliphatic imine (C=N–C) groups is 1. The van der Waals surface area contributed by atoms with Crippen LogP contribution in [0.4, 0.5) is 0 Å². The van der Waals surface area contributed by atoms with Gasteiger partial charge in [-0.1, -0.05) is 26.2 Å². The van der Waals surface area contributed by atoms with Gasteiger partial charge in [0.1, 0.15) is 5.75 Å². The van der Waals surface area contributed by atoms with Crippen molar-refractivity contribution in [1.29, 1.82) is 0 Å². The van der Waals surface area contributed by atoms with Crippen molar-refractivity contribution in [1.82, 2.24) is 5.32 Å². The molecule has 0 radical (unpaired) electrons. The van der Waals surface area contributed by atoms with Gasteiger partial charge >= 0.3 is 0 Å². The first-order chi connectivity index (χ1) is 10.7. The van der Waals surface area contributed by atoms with Gasteiger partial charge in [-0.2, -0.15) is 0 Å². The molecular formula is C17H26N2O3. The number of nitrogens with one attached hydrogen (secondary N) is 1. The standard InChI is InChI=1S/C17H26N2O3/c1-4-6-7-8-13-18-17(22-5-2)19-16(20)14-9-11-15(21-3)12-10-14/h9-12H,4-8,13H2,1-3H3,(H,18,19,20). The number of hydrogen-bond donors (Lipinski definition) is 1. The van der Waals surface area contributed by atoms with Crippen LogP contribution in [0.2, 0.25) is 0 Å². The zero-order valence-corrected chi connectivity index (χ0v) is 13.7. The van der Waals surface area contributed by atoms with Gasteiger partial charge in [0.25, 0.3) is 11.9 Å². The van der Waals surface area contributed by atoms with E-state index in [9.17, 15) is 4.79 Å². The Morgan fingerprint density at radius 2 is 1.86 bits per heavy atom. The Balaban J connectivity index is 2.56. The van der Waals surface area contributed by atoms with E-state index in [4.69, 9.17) is 9.47 Å². The topological polar surface area (TPSA) is 59.9 Å². The highest BCUT2D eigenvalue weighted by Gasteiger charge is 2.09. The van der Waals surface area contributed by atoms with Gasteiger partial charge in [-0.05, 0) is 37.6 Å². The summed E-state index contributed by atoms with van der Waals surface area (Å²) in [5.74, 6) is 0.481. The molecule has 0 saturated carbocycles. The minimum absolute atomic E-state index is 0.233. The summed E-state index contributed by atoms with van der Waals surface area (Å²) >= 11 is 0. The van der Waals surface area contributed by atoms with E-state index in [1.807, 2.05) is 6.92 Å². The Kier molecular flexibility index (Phi) is 8.72. The van der Waals surface area contributed by atoms with Crippen molar-refractivity contribution in [3.63, 3.8) is 0 Å². The van der Waals surface area contributed by atoms with E-state index in [2.05, 4.69) is 17.2 Å². The summed E-state index contributed by atoms with van der Waals surface area (Å²) in [4.78, 5) is 16.5. The van der Waals surface area contributed by atoms with Crippen LogP contribution in [0.3, 0.4) is 0 Å². The van der Waals surface area contributed by atoms with Crippen molar-refractivity contribution >= 4 is 11.9 Å². The first-order valence-corrected chi connectivity index (χ1v) is 7.83. The summed E-state index contributed by atoms with van der Waals surface area (Å²) in [6.45, 7) is 5.17. The molecule has 0 aliphatic rings. The maximum Gasteiger partial charge on any atom is 0.291 e. The molecule has 1 aromatic carbocycles. The summed E-state index contributed by atoms with van der Waals surface area (Å²) in [5, 5.41) is 2.71. The number of nitrogens with zero attached hydrogens (tertiary/aromatic N) is 1. The van der Waals surface area contributed by atoms with E-state index >= 15 is 0 Å². The van der Waals surface area contributed by atoms with Gasteiger partial charge in [0, 0.05) is 12.1 Å². The number of rotatable bonds is 8. The van der Waals surface area contributed by atoms with Crippen LogP contribution in [-0.4, -0.2) is 32.2 Å². The van der Waals surface area contributed by atoms with Crippen LogP contribution in [0, 0.1) is 0 Å². The van der Waals surface area contributed by atoms with Crippen molar-refractivity contribution in [3.8, 4) is 5.75 Å². The molecule has 1 rings (SSSR count). The largest absolute Gasteiger partial charge is 0.497 e. The smallest absolute Gasteiger partial charge is 0.291 e. The Morgan fingerprint density at radius 3 is 2.45 bits per heavy atom.